The topological polar surface area (TPSA) is 64.1 Å². The molecule has 3 aromatic rings. The van der Waals surface area contributed by atoms with Gasteiger partial charge in [-0.3, -0.25) is 0 Å². The van der Waals surface area contributed by atoms with Gasteiger partial charge in [-0.15, -0.1) is 11.3 Å². The van der Waals surface area contributed by atoms with Gasteiger partial charge < -0.3 is 14.1 Å². The van der Waals surface area contributed by atoms with Crippen LogP contribution in [-0.2, 0) is 6.61 Å². The van der Waals surface area contributed by atoms with Gasteiger partial charge in [0.15, 0.2) is 11.6 Å². The van der Waals surface area contributed by atoms with Crippen molar-refractivity contribution in [1.82, 2.24) is 14.5 Å². The number of hydrogen-bond donors (Lipinski definition) is 1. The number of hydrogen-bond acceptors (Lipinski definition) is 5. The summed E-state index contributed by atoms with van der Waals surface area (Å²) in [5, 5.41) is 12.2. The molecule has 6 heteroatoms. The lowest BCUT2D eigenvalue weighted by Crippen LogP contribution is -2.07. The predicted octanol–water partition coefficient (Wildman–Crippen LogP) is 3.01. The van der Waals surface area contributed by atoms with Crippen molar-refractivity contribution in [2.75, 3.05) is 0 Å². The fourth-order valence-electron chi connectivity index (χ4n) is 2.11. The molecule has 0 aliphatic heterocycles. The zero-order valence-electron chi connectivity index (χ0n) is 11.3. The van der Waals surface area contributed by atoms with Gasteiger partial charge in [0.2, 0.25) is 0 Å². The normalized spacial score (nSPS) is 12.8. The summed E-state index contributed by atoms with van der Waals surface area (Å²) in [5.41, 5.74) is 1.01. The number of aromatic nitrogens is 3. The standard InChI is InChI=1S/C14H15N3O2S/c1-9(12-8-20-10(2)16-12)17-6-5-15-14(17)13-4-3-11(7-18)19-13/h3-6,8-9,18H,7H2,1-2H3. The maximum Gasteiger partial charge on any atom is 0.176 e. The van der Waals surface area contributed by atoms with Crippen molar-refractivity contribution >= 4 is 11.3 Å². The second-order valence-corrected chi connectivity index (χ2v) is 5.61. The molecule has 0 aromatic carbocycles. The fourth-order valence-corrected chi connectivity index (χ4v) is 2.81. The molecule has 1 N–H and O–H groups in total. The van der Waals surface area contributed by atoms with Crippen molar-refractivity contribution in [3.63, 3.8) is 0 Å². The quantitative estimate of drug-likeness (QED) is 0.802. The first kappa shape index (κ1) is 13.1. The molecule has 0 spiro atoms. The zero-order valence-corrected chi connectivity index (χ0v) is 12.1. The Bertz CT molecular complexity index is 713. The number of furan rings is 1. The van der Waals surface area contributed by atoms with Crippen molar-refractivity contribution in [1.29, 1.82) is 0 Å². The van der Waals surface area contributed by atoms with Gasteiger partial charge in [-0.05, 0) is 26.0 Å². The van der Waals surface area contributed by atoms with Crippen LogP contribution < -0.4 is 0 Å². The zero-order chi connectivity index (χ0) is 14.1. The average molecular weight is 289 g/mol. The van der Waals surface area contributed by atoms with Crippen molar-refractivity contribution in [3.05, 3.63) is 46.4 Å². The molecule has 5 nitrogen and oxygen atoms in total. The molecule has 3 heterocycles. The van der Waals surface area contributed by atoms with E-state index in [1.54, 1.807) is 23.6 Å². The fraction of sp³-hybridized carbons (Fsp3) is 0.286. The largest absolute Gasteiger partial charge is 0.455 e. The van der Waals surface area contributed by atoms with Crippen molar-refractivity contribution < 1.29 is 9.52 Å². The number of imidazole rings is 1. The van der Waals surface area contributed by atoms with Gasteiger partial charge in [0, 0.05) is 17.8 Å². The monoisotopic (exact) mass is 289 g/mol. The van der Waals surface area contributed by atoms with E-state index in [9.17, 15) is 0 Å². The highest BCUT2D eigenvalue weighted by molar-refractivity contribution is 7.09. The summed E-state index contributed by atoms with van der Waals surface area (Å²) >= 11 is 1.64. The molecule has 0 saturated heterocycles. The second kappa shape index (κ2) is 5.22. The number of aryl methyl sites for hydroxylation is 1. The maximum absolute atomic E-state index is 9.08. The number of aliphatic hydroxyl groups is 1. The van der Waals surface area contributed by atoms with Crippen LogP contribution in [0.3, 0.4) is 0 Å². The van der Waals surface area contributed by atoms with Crippen molar-refractivity contribution in [2.45, 2.75) is 26.5 Å². The summed E-state index contributed by atoms with van der Waals surface area (Å²) < 4.78 is 7.58. The molecule has 0 aliphatic carbocycles. The summed E-state index contributed by atoms with van der Waals surface area (Å²) in [6.07, 6.45) is 3.65. The Morgan fingerprint density at radius 2 is 2.30 bits per heavy atom. The molecular formula is C14H15N3O2S. The Labute approximate surface area is 120 Å². The molecule has 3 rings (SSSR count). The van der Waals surface area contributed by atoms with Crippen LogP contribution in [0.4, 0.5) is 0 Å². The highest BCUT2D eigenvalue weighted by Crippen LogP contribution is 2.27. The van der Waals surface area contributed by atoms with Gasteiger partial charge in [0.1, 0.15) is 12.4 Å². The number of rotatable bonds is 4. The summed E-state index contributed by atoms with van der Waals surface area (Å²) in [5.74, 6) is 1.92. The molecule has 0 radical (unpaired) electrons. The van der Waals surface area contributed by atoms with E-state index in [1.807, 2.05) is 23.8 Å². The minimum absolute atomic E-state index is 0.0835. The first-order chi connectivity index (χ1) is 9.69. The van der Waals surface area contributed by atoms with Crippen LogP contribution in [0.25, 0.3) is 11.6 Å². The molecule has 0 aliphatic rings. The Balaban J connectivity index is 1.97. The van der Waals surface area contributed by atoms with Crippen LogP contribution in [-0.4, -0.2) is 19.6 Å². The van der Waals surface area contributed by atoms with E-state index in [-0.39, 0.29) is 12.6 Å². The molecule has 3 aromatic heterocycles. The van der Waals surface area contributed by atoms with E-state index in [1.165, 1.54) is 0 Å². The van der Waals surface area contributed by atoms with Crippen LogP contribution in [0, 0.1) is 6.92 Å². The predicted molar refractivity (Wildman–Crippen MR) is 76.5 cm³/mol. The van der Waals surface area contributed by atoms with Crippen molar-refractivity contribution in [3.8, 4) is 11.6 Å². The molecule has 0 amide bonds. The van der Waals surface area contributed by atoms with Crippen LogP contribution >= 0.6 is 11.3 Å². The van der Waals surface area contributed by atoms with E-state index >= 15 is 0 Å². The van der Waals surface area contributed by atoms with E-state index < -0.39 is 0 Å². The molecule has 0 saturated carbocycles. The van der Waals surface area contributed by atoms with Gasteiger partial charge in [0.05, 0.1) is 16.7 Å². The first-order valence-corrected chi connectivity index (χ1v) is 7.22. The molecule has 0 fully saturated rings. The average Bonchev–Trinajstić information content (AvgIpc) is 3.17. The van der Waals surface area contributed by atoms with Gasteiger partial charge in [-0.1, -0.05) is 0 Å². The molecule has 20 heavy (non-hydrogen) atoms. The lowest BCUT2D eigenvalue weighted by atomic mass is 10.2. The Hall–Kier alpha value is -1.92. The Morgan fingerprint density at radius 3 is 2.95 bits per heavy atom. The van der Waals surface area contributed by atoms with Crippen molar-refractivity contribution in [2.24, 2.45) is 0 Å². The SMILES string of the molecule is Cc1nc(C(C)n2ccnc2-c2ccc(CO)o2)cs1. The number of nitrogens with zero attached hydrogens (tertiary/aromatic N) is 3. The summed E-state index contributed by atoms with van der Waals surface area (Å²) in [7, 11) is 0. The summed E-state index contributed by atoms with van der Waals surface area (Å²) in [4.78, 5) is 8.87. The lowest BCUT2D eigenvalue weighted by molar-refractivity contribution is 0.248. The van der Waals surface area contributed by atoms with Gasteiger partial charge in [0.25, 0.3) is 0 Å². The van der Waals surface area contributed by atoms with E-state index in [2.05, 4.69) is 22.3 Å². The van der Waals surface area contributed by atoms with E-state index in [4.69, 9.17) is 9.52 Å². The second-order valence-electron chi connectivity index (χ2n) is 4.55. The third kappa shape index (κ3) is 2.28. The minimum Gasteiger partial charge on any atom is -0.455 e. The Morgan fingerprint density at radius 1 is 1.45 bits per heavy atom. The van der Waals surface area contributed by atoms with Crippen LogP contribution in [0.1, 0.15) is 29.4 Å². The molecular weight excluding hydrogens is 274 g/mol. The number of aliphatic hydroxyl groups excluding tert-OH is 1. The van der Waals surface area contributed by atoms with Crippen LogP contribution in [0.2, 0.25) is 0 Å². The maximum atomic E-state index is 9.08. The van der Waals surface area contributed by atoms with Gasteiger partial charge in [-0.25, -0.2) is 9.97 Å². The summed E-state index contributed by atoms with van der Waals surface area (Å²) in [6.45, 7) is 3.97. The molecule has 1 atom stereocenters. The van der Waals surface area contributed by atoms with Crippen LogP contribution in [0.5, 0.6) is 0 Å². The van der Waals surface area contributed by atoms with E-state index in [0.29, 0.717) is 11.5 Å². The van der Waals surface area contributed by atoms with E-state index in [0.717, 1.165) is 16.5 Å². The first-order valence-electron chi connectivity index (χ1n) is 6.34. The van der Waals surface area contributed by atoms with Gasteiger partial charge in [-0.2, -0.15) is 0 Å². The minimum atomic E-state index is -0.110. The third-order valence-corrected chi connectivity index (χ3v) is 3.98. The molecule has 1 unspecified atom stereocenters. The molecule has 0 bridgehead atoms. The molecule has 104 valence electrons. The highest BCUT2D eigenvalue weighted by Gasteiger charge is 2.17. The highest BCUT2D eigenvalue weighted by atomic mass is 32.1. The smallest absolute Gasteiger partial charge is 0.176 e. The van der Waals surface area contributed by atoms with Crippen LogP contribution in [0.15, 0.2) is 34.3 Å². The number of thiazole rings is 1. The third-order valence-electron chi connectivity index (χ3n) is 3.19. The lowest BCUT2D eigenvalue weighted by Gasteiger charge is -2.13. The summed E-state index contributed by atoms with van der Waals surface area (Å²) in [6, 6.07) is 3.66. The Kier molecular flexibility index (Phi) is 3.42. The van der Waals surface area contributed by atoms with Gasteiger partial charge >= 0.3 is 0 Å².